The van der Waals surface area contributed by atoms with Gasteiger partial charge in [0.25, 0.3) is 0 Å². The molecule has 0 heterocycles. The quantitative estimate of drug-likeness (QED) is 0.644. The zero-order chi connectivity index (χ0) is 9.47. The number of hydrogen-bond donors (Lipinski definition) is 1. The largest absolute Gasteiger partial charge is 0.385 e. The van der Waals surface area contributed by atoms with Crippen molar-refractivity contribution >= 4 is 0 Å². The Morgan fingerprint density at radius 3 is 2.85 bits per heavy atom. The van der Waals surface area contributed by atoms with E-state index in [1.54, 1.807) is 0 Å². The molecule has 1 N–H and O–H groups in total. The van der Waals surface area contributed by atoms with Crippen LogP contribution in [0.3, 0.4) is 0 Å². The highest BCUT2D eigenvalue weighted by Crippen LogP contribution is 2.36. The fourth-order valence-electron chi connectivity index (χ4n) is 2.46. The van der Waals surface area contributed by atoms with Crippen LogP contribution in [0.5, 0.6) is 0 Å². The van der Waals surface area contributed by atoms with Gasteiger partial charge in [-0.15, -0.1) is 0 Å². The molecule has 0 radical (unpaired) electrons. The van der Waals surface area contributed by atoms with Gasteiger partial charge in [-0.05, 0) is 49.8 Å². The summed E-state index contributed by atoms with van der Waals surface area (Å²) in [5.74, 6) is 0. The Bertz CT molecular complexity index is 326. The van der Waals surface area contributed by atoms with Crippen molar-refractivity contribution in [2.24, 2.45) is 0 Å². The molecule has 1 aromatic rings. The zero-order valence-electron chi connectivity index (χ0n) is 8.30. The minimum Gasteiger partial charge on any atom is -0.385 e. The SMILES string of the molecule is Cc1cccc2c1[C@](C)(O)CCC2. The number of aliphatic hydroxyl groups is 1. The van der Waals surface area contributed by atoms with E-state index in [1.165, 1.54) is 16.7 Å². The van der Waals surface area contributed by atoms with Crippen molar-refractivity contribution in [3.8, 4) is 0 Å². The molecule has 0 saturated carbocycles. The molecule has 0 unspecified atom stereocenters. The molecule has 13 heavy (non-hydrogen) atoms. The van der Waals surface area contributed by atoms with Crippen LogP contribution in [0.25, 0.3) is 0 Å². The van der Waals surface area contributed by atoms with E-state index in [0.29, 0.717) is 0 Å². The molecule has 1 atom stereocenters. The highest BCUT2D eigenvalue weighted by atomic mass is 16.3. The second-order valence-corrected chi connectivity index (χ2v) is 4.24. The van der Waals surface area contributed by atoms with Crippen molar-refractivity contribution in [1.29, 1.82) is 0 Å². The Labute approximate surface area is 79.4 Å². The van der Waals surface area contributed by atoms with Gasteiger partial charge < -0.3 is 5.11 Å². The summed E-state index contributed by atoms with van der Waals surface area (Å²) in [7, 11) is 0. The van der Waals surface area contributed by atoms with E-state index in [1.807, 2.05) is 6.92 Å². The number of hydrogen-bond acceptors (Lipinski definition) is 1. The van der Waals surface area contributed by atoms with Crippen LogP contribution in [0.4, 0.5) is 0 Å². The van der Waals surface area contributed by atoms with Gasteiger partial charge in [-0.1, -0.05) is 18.2 Å². The predicted molar refractivity (Wildman–Crippen MR) is 53.7 cm³/mol. The third-order valence-electron chi connectivity index (χ3n) is 3.01. The van der Waals surface area contributed by atoms with Gasteiger partial charge >= 0.3 is 0 Å². The third kappa shape index (κ3) is 1.37. The first-order valence-electron chi connectivity index (χ1n) is 4.92. The van der Waals surface area contributed by atoms with Crippen LogP contribution in [0.2, 0.25) is 0 Å². The van der Waals surface area contributed by atoms with E-state index >= 15 is 0 Å². The van der Waals surface area contributed by atoms with Crippen molar-refractivity contribution in [3.63, 3.8) is 0 Å². The van der Waals surface area contributed by atoms with Gasteiger partial charge in [-0.3, -0.25) is 0 Å². The molecule has 0 amide bonds. The fourth-order valence-corrected chi connectivity index (χ4v) is 2.46. The lowest BCUT2D eigenvalue weighted by Crippen LogP contribution is -2.27. The third-order valence-corrected chi connectivity index (χ3v) is 3.01. The maximum Gasteiger partial charge on any atom is 0.0873 e. The highest BCUT2D eigenvalue weighted by Gasteiger charge is 2.30. The first kappa shape index (κ1) is 8.76. The minimum atomic E-state index is -0.598. The summed E-state index contributed by atoms with van der Waals surface area (Å²) in [5, 5.41) is 10.2. The lowest BCUT2D eigenvalue weighted by Gasteiger charge is -2.32. The summed E-state index contributed by atoms with van der Waals surface area (Å²) in [4.78, 5) is 0. The molecule has 1 aromatic carbocycles. The molecule has 2 rings (SSSR count). The first-order valence-corrected chi connectivity index (χ1v) is 4.92. The van der Waals surface area contributed by atoms with Gasteiger partial charge in [0.2, 0.25) is 0 Å². The van der Waals surface area contributed by atoms with Gasteiger partial charge in [-0.2, -0.15) is 0 Å². The summed E-state index contributed by atoms with van der Waals surface area (Å²) in [5.41, 5.74) is 3.12. The molecule has 0 aromatic heterocycles. The molecule has 1 heteroatoms. The summed E-state index contributed by atoms with van der Waals surface area (Å²) < 4.78 is 0. The van der Waals surface area contributed by atoms with E-state index in [2.05, 4.69) is 25.1 Å². The van der Waals surface area contributed by atoms with Crippen molar-refractivity contribution in [2.75, 3.05) is 0 Å². The Kier molecular flexibility index (Phi) is 1.92. The zero-order valence-corrected chi connectivity index (χ0v) is 8.30. The normalized spacial score (nSPS) is 27.0. The summed E-state index contributed by atoms with van der Waals surface area (Å²) in [6.07, 6.45) is 3.11. The van der Waals surface area contributed by atoms with Crippen molar-refractivity contribution < 1.29 is 5.11 Å². The molecule has 0 bridgehead atoms. The number of fused-ring (bicyclic) bond motifs is 1. The Balaban J connectivity index is 2.61. The molecule has 0 spiro atoms. The maximum absolute atomic E-state index is 10.2. The molecular formula is C12H16O. The van der Waals surface area contributed by atoms with Gasteiger partial charge in [0.1, 0.15) is 0 Å². The van der Waals surface area contributed by atoms with E-state index in [4.69, 9.17) is 0 Å². The van der Waals surface area contributed by atoms with E-state index in [-0.39, 0.29) is 0 Å². The summed E-state index contributed by atoms with van der Waals surface area (Å²) >= 11 is 0. The van der Waals surface area contributed by atoms with Gasteiger partial charge in [-0.25, -0.2) is 0 Å². The van der Waals surface area contributed by atoms with Crippen molar-refractivity contribution in [1.82, 2.24) is 0 Å². The molecule has 0 saturated heterocycles. The minimum absolute atomic E-state index is 0.598. The van der Waals surface area contributed by atoms with Gasteiger partial charge in [0.05, 0.1) is 5.60 Å². The Hall–Kier alpha value is -0.820. The fraction of sp³-hybridized carbons (Fsp3) is 0.500. The van der Waals surface area contributed by atoms with E-state index in [9.17, 15) is 5.11 Å². The lowest BCUT2D eigenvalue weighted by atomic mass is 9.78. The highest BCUT2D eigenvalue weighted by molar-refractivity contribution is 5.40. The van der Waals surface area contributed by atoms with Crippen LogP contribution in [0.15, 0.2) is 18.2 Å². The van der Waals surface area contributed by atoms with E-state index in [0.717, 1.165) is 19.3 Å². The molecule has 0 fully saturated rings. The topological polar surface area (TPSA) is 20.2 Å². The smallest absolute Gasteiger partial charge is 0.0873 e. The molecule has 1 aliphatic rings. The first-order chi connectivity index (χ1) is 6.11. The second-order valence-electron chi connectivity index (χ2n) is 4.24. The second kappa shape index (κ2) is 2.85. The summed E-state index contributed by atoms with van der Waals surface area (Å²) in [6.45, 7) is 4.01. The molecule has 0 aliphatic heterocycles. The maximum atomic E-state index is 10.2. The van der Waals surface area contributed by atoms with Crippen LogP contribution < -0.4 is 0 Å². The van der Waals surface area contributed by atoms with Crippen molar-refractivity contribution in [2.45, 2.75) is 38.7 Å². The van der Waals surface area contributed by atoms with Crippen molar-refractivity contribution in [3.05, 3.63) is 34.9 Å². The lowest BCUT2D eigenvalue weighted by molar-refractivity contribution is 0.0380. The number of rotatable bonds is 0. The van der Waals surface area contributed by atoms with Crippen LogP contribution in [0.1, 0.15) is 36.5 Å². The van der Waals surface area contributed by atoms with Gasteiger partial charge in [0, 0.05) is 0 Å². The Morgan fingerprint density at radius 1 is 1.38 bits per heavy atom. The van der Waals surface area contributed by atoms with Gasteiger partial charge in [0.15, 0.2) is 0 Å². The standard InChI is InChI=1S/C12H16O/c1-9-5-3-6-10-7-4-8-12(2,13)11(9)10/h3,5-6,13H,4,7-8H2,1-2H3/t12-/m1/s1. The molecule has 1 aliphatic carbocycles. The molecule has 70 valence electrons. The average molecular weight is 176 g/mol. The average Bonchev–Trinajstić information content (AvgIpc) is 2.02. The number of benzene rings is 1. The summed E-state index contributed by atoms with van der Waals surface area (Å²) in [6, 6.07) is 6.30. The Morgan fingerprint density at radius 2 is 2.15 bits per heavy atom. The van der Waals surface area contributed by atoms with Crippen LogP contribution in [-0.2, 0) is 12.0 Å². The van der Waals surface area contributed by atoms with E-state index < -0.39 is 5.60 Å². The molecule has 1 nitrogen and oxygen atoms in total. The molecular weight excluding hydrogens is 160 g/mol. The predicted octanol–water partition coefficient (Wildman–Crippen LogP) is 2.54. The van der Waals surface area contributed by atoms with Crippen LogP contribution in [-0.4, -0.2) is 5.11 Å². The monoisotopic (exact) mass is 176 g/mol. The van der Waals surface area contributed by atoms with Crippen LogP contribution >= 0.6 is 0 Å². The number of aryl methyl sites for hydroxylation is 2. The van der Waals surface area contributed by atoms with Crippen LogP contribution in [0, 0.1) is 6.92 Å².